The van der Waals surface area contributed by atoms with E-state index in [-0.39, 0.29) is 30.3 Å². The fraction of sp³-hybridized carbons (Fsp3) is 0.684. The molecule has 144 valence electrons. The molecule has 1 aliphatic carbocycles. The molecule has 26 heavy (non-hydrogen) atoms. The Morgan fingerprint density at radius 3 is 2.08 bits per heavy atom. The van der Waals surface area contributed by atoms with E-state index in [0.717, 1.165) is 44.4 Å². The summed E-state index contributed by atoms with van der Waals surface area (Å²) in [7, 11) is 0. The number of benzene rings is 1. The summed E-state index contributed by atoms with van der Waals surface area (Å²) in [5.74, 6) is -3.35. The van der Waals surface area contributed by atoms with Gasteiger partial charge in [-0.2, -0.15) is 0 Å². The predicted molar refractivity (Wildman–Crippen MR) is 86.2 cm³/mol. The molecule has 4 nitrogen and oxygen atoms in total. The minimum atomic E-state index is -1.41. The summed E-state index contributed by atoms with van der Waals surface area (Å²) in [6.45, 7) is 2.36. The van der Waals surface area contributed by atoms with Crippen LogP contribution in [0.1, 0.15) is 37.2 Å². The zero-order chi connectivity index (χ0) is 18.1. The third-order valence-electron chi connectivity index (χ3n) is 5.45. The summed E-state index contributed by atoms with van der Waals surface area (Å²) in [6, 6.07) is 2.23. The largest absolute Gasteiger partial charge is 0.371 e. The van der Waals surface area contributed by atoms with Crippen LogP contribution in [0, 0.1) is 23.4 Å². The average molecular weight is 372 g/mol. The van der Waals surface area contributed by atoms with Gasteiger partial charge in [-0.25, -0.2) is 13.2 Å². The first-order valence-corrected chi connectivity index (χ1v) is 9.21. The molecule has 2 aliphatic heterocycles. The molecule has 1 aromatic carbocycles. The van der Waals surface area contributed by atoms with Crippen LogP contribution in [-0.4, -0.2) is 44.9 Å². The van der Waals surface area contributed by atoms with E-state index in [9.17, 15) is 13.2 Å². The lowest BCUT2D eigenvalue weighted by molar-refractivity contribution is -0.249. The van der Waals surface area contributed by atoms with Crippen molar-refractivity contribution in [3.8, 4) is 0 Å². The summed E-state index contributed by atoms with van der Waals surface area (Å²) in [6.07, 6.45) is 3.15. The van der Waals surface area contributed by atoms with Crippen LogP contribution < -0.4 is 0 Å². The second kappa shape index (κ2) is 7.84. The van der Waals surface area contributed by atoms with Crippen LogP contribution in [0.3, 0.4) is 0 Å². The zero-order valence-electron chi connectivity index (χ0n) is 14.5. The molecule has 1 aromatic rings. The van der Waals surface area contributed by atoms with Gasteiger partial charge in [0.05, 0.1) is 26.4 Å². The van der Waals surface area contributed by atoms with Crippen LogP contribution in [0.2, 0.25) is 0 Å². The molecule has 0 radical (unpaired) electrons. The van der Waals surface area contributed by atoms with Gasteiger partial charge in [0.15, 0.2) is 23.7 Å². The number of ether oxygens (including phenoxy) is 4. The Kier molecular flexibility index (Phi) is 5.50. The van der Waals surface area contributed by atoms with E-state index >= 15 is 0 Å². The molecule has 1 saturated carbocycles. The Balaban J connectivity index is 1.25. The zero-order valence-corrected chi connectivity index (χ0v) is 14.5. The van der Waals surface area contributed by atoms with Gasteiger partial charge >= 0.3 is 0 Å². The molecule has 0 aromatic heterocycles. The summed E-state index contributed by atoms with van der Waals surface area (Å²) in [4.78, 5) is 0. The second-order valence-corrected chi connectivity index (χ2v) is 7.36. The number of hydrogen-bond donors (Lipinski definition) is 0. The molecule has 0 N–H and O–H groups in total. The molecule has 7 heteroatoms. The molecule has 3 aliphatic rings. The molecule has 3 fully saturated rings. The highest BCUT2D eigenvalue weighted by atomic mass is 19.2. The van der Waals surface area contributed by atoms with Crippen molar-refractivity contribution in [2.24, 2.45) is 5.92 Å². The lowest BCUT2D eigenvalue weighted by Crippen LogP contribution is -2.42. The van der Waals surface area contributed by atoms with Crippen LogP contribution >= 0.6 is 0 Å². The fourth-order valence-corrected chi connectivity index (χ4v) is 3.81. The first-order valence-electron chi connectivity index (χ1n) is 9.21. The number of halogens is 3. The topological polar surface area (TPSA) is 40.2 Å². The maximum absolute atomic E-state index is 13.4. The van der Waals surface area contributed by atoms with Crippen LogP contribution in [0.15, 0.2) is 12.1 Å². The average Bonchev–Trinajstić information content (AvgIpc) is 3.49. The highest BCUT2D eigenvalue weighted by Gasteiger charge is 2.34. The number of rotatable bonds is 5. The predicted octanol–water partition coefficient (Wildman–Crippen LogP) is 3.53. The second-order valence-electron chi connectivity index (χ2n) is 7.36. The standard InChI is InChI=1S/C19H23F3O4/c20-16-5-13(6-17(21)18(16)22)11-1-3-12(4-2-11)19-25-9-15(10-26-19)24-8-14-7-23-14/h5-6,11-12,14-15,19H,1-4,7-10H2. The minimum absolute atomic E-state index is 0.0362. The van der Waals surface area contributed by atoms with Gasteiger partial charge in [0.2, 0.25) is 0 Å². The Labute approximate surface area is 150 Å². The molecule has 4 rings (SSSR count). The number of hydrogen-bond acceptors (Lipinski definition) is 4. The molecular weight excluding hydrogens is 349 g/mol. The monoisotopic (exact) mass is 372 g/mol. The minimum Gasteiger partial charge on any atom is -0.371 e. The van der Waals surface area contributed by atoms with Crippen LogP contribution in [-0.2, 0) is 18.9 Å². The van der Waals surface area contributed by atoms with E-state index in [4.69, 9.17) is 18.9 Å². The lowest BCUT2D eigenvalue weighted by Gasteiger charge is -2.37. The van der Waals surface area contributed by atoms with Crippen molar-refractivity contribution in [2.45, 2.75) is 50.1 Å². The van der Waals surface area contributed by atoms with E-state index in [1.807, 2.05) is 0 Å². The van der Waals surface area contributed by atoms with Gasteiger partial charge in [-0.05, 0) is 49.3 Å². The van der Waals surface area contributed by atoms with Crippen molar-refractivity contribution < 1.29 is 32.1 Å². The molecule has 0 spiro atoms. The highest BCUT2D eigenvalue weighted by molar-refractivity contribution is 5.23. The van der Waals surface area contributed by atoms with Crippen molar-refractivity contribution in [1.29, 1.82) is 0 Å². The Morgan fingerprint density at radius 1 is 0.885 bits per heavy atom. The third-order valence-corrected chi connectivity index (χ3v) is 5.45. The maximum atomic E-state index is 13.4. The van der Waals surface area contributed by atoms with Gasteiger partial charge < -0.3 is 18.9 Å². The van der Waals surface area contributed by atoms with Gasteiger partial charge in [0.25, 0.3) is 0 Å². The van der Waals surface area contributed by atoms with Crippen LogP contribution in [0.4, 0.5) is 13.2 Å². The van der Waals surface area contributed by atoms with Gasteiger partial charge in [-0.3, -0.25) is 0 Å². The van der Waals surface area contributed by atoms with Gasteiger partial charge in [0.1, 0.15) is 12.2 Å². The van der Waals surface area contributed by atoms with Crippen LogP contribution in [0.5, 0.6) is 0 Å². The van der Waals surface area contributed by atoms with Crippen molar-refractivity contribution >= 4 is 0 Å². The molecule has 2 saturated heterocycles. The van der Waals surface area contributed by atoms with E-state index in [0.29, 0.717) is 25.4 Å². The van der Waals surface area contributed by atoms with Crippen molar-refractivity contribution in [3.63, 3.8) is 0 Å². The molecule has 0 amide bonds. The Bertz CT molecular complexity index is 598. The van der Waals surface area contributed by atoms with E-state index in [2.05, 4.69) is 0 Å². The van der Waals surface area contributed by atoms with Crippen molar-refractivity contribution in [3.05, 3.63) is 35.1 Å². The van der Waals surface area contributed by atoms with Crippen molar-refractivity contribution in [2.75, 3.05) is 26.4 Å². The van der Waals surface area contributed by atoms with E-state index in [1.54, 1.807) is 0 Å². The van der Waals surface area contributed by atoms with E-state index < -0.39 is 17.5 Å². The molecular formula is C19H23F3O4. The van der Waals surface area contributed by atoms with E-state index in [1.165, 1.54) is 0 Å². The number of epoxide rings is 1. The third kappa shape index (κ3) is 4.22. The Morgan fingerprint density at radius 2 is 1.50 bits per heavy atom. The highest BCUT2D eigenvalue weighted by Crippen LogP contribution is 2.39. The summed E-state index contributed by atoms with van der Waals surface area (Å²) in [5.41, 5.74) is 0.529. The van der Waals surface area contributed by atoms with Gasteiger partial charge in [-0.15, -0.1) is 0 Å². The summed E-state index contributed by atoms with van der Waals surface area (Å²) < 4.78 is 62.4. The van der Waals surface area contributed by atoms with Gasteiger partial charge in [-0.1, -0.05) is 0 Å². The van der Waals surface area contributed by atoms with Crippen LogP contribution in [0.25, 0.3) is 0 Å². The molecule has 0 bridgehead atoms. The normalized spacial score (nSPS) is 34.7. The lowest BCUT2D eigenvalue weighted by atomic mass is 9.78. The maximum Gasteiger partial charge on any atom is 0.194 e. The Hall–Kier alpha value is -1.15. The van der Waals surface area contributed by atoms with Crippen molar-refractivity contribution in [1.82, 2.24) is 0 Å². The summed E-state index contributed by atoms with van der Waals surface area (Å²) in [5, 5.41) is 0. The molecule has 2 heterocycles. The summed E-state index contributed by atoms with van der Waals surface area (Å²) >= 11 is 0. The molecule has 1 unspecified atom stereocenters. The first kappa shape index (κ1) is 18.2. The SMILES string of the molecule is Fc1cc(C2CCC(C3OCC(OCC4CO4)CO3)CC2)cc(F)c1F. The van der Waals surface area contributed by atoms with Gasteiger partial charge in [0, 0.05) is 5.92 Å². The smallest absolute Gasteiger partial charge is 0.194 e. The quantitative estimate of drug-likeness (QED) is 0.586. The first-order chi connectivity index (χ1) is 12.6. The fourth-order valence-electron chi connectivity index (χ4n) is 3.81. The molecule has 1 atom stereocenters.